The Labute approximate surface area is 185 Å². The summed E-state index contributed by atoms with van der Waals surface area (Å²) in [6.07, 6.45) is 1.64. The Balaban J connectivity index is 1.57. The minimum atomic E-state index is -0.562. The van der Waals surface area contributed by atoms with Gasteiger partial charge in [0.2, 0.25) is 5.91 Å². The molecule has 32 heavy (non-hydrogen) atoms. The molecule has 3 aromatic rings. The molecule has 1 aliphatic rings. The van der Waals surface area contributed by atoms with Crippen LogP contribution in [0.25, 0.3) is 11.0 Å². The number of fused-ring (bicyclic) bond motifs is 1. The molecule has 4 rings (SSSR count). The van der Waals surface area contributed by atoms with Crippen LogP contribution in [0.5, 0.6) is 0 Å². The van der Waals surface area contributed by atoms with Crippen LogP contribution in [-0.2, 0) is 17.8 Å². The maximum Gasteiger partial charge on any atom is 0.411 e. The second kappa shape index (κ2) is 9.23. The average Bonchev–Trinajstić information content (AvgIpc) is 3.59. The van der Waals surface area contributed by atoms with E-state index in [1.54, 1.807) is 31.2 Å². The number of benzene rings is 2. The van der Waals surface area contributed by atoms with Crippen molar-refractivity contribution in [2.45, 2.75) is 38.9 Å². The molecule has 0 aliphatic heterocycles. The van der Waals surface area contributed by atoms with E-state index in [2.05, 4.69) is 10.2 Å². The van der Waals surface area contributed by atoms with Gasteiger partial charge in [0, 0.05) is 47.9 Å². The van der Waals surface area contributed by atoms with E-state index in [1.165, 1.54) is 6.07 Å². The Kier molecular flexibility index (Phi) is 6.23. The van der Waals surface area contributed by atoms with Gasteiger partial charge in [0.25, 0.3) is 0 Å². The fraction of sp³-hybridized carbons (Fsp3) is 0.292. The zero-order valence-electron chi connectivity index (χ0n) is 17.8. The summed E-state index contributed by atoms with van der Waals surface area (Å²) in [6, 6.07) is 14.4. The zero-order chi connectivity index (χ0) is 22.7. The molecule has 8 heteroatoms. The Bertz CT molecular complexity index is 1200. The predicted molar refractivity (Wildman–Crippen MR) is 120 cm³/mol. The van der Waals surface area contributed by atoms with E-state index in [1.807, 2.05) is 18.2 Å². The summed E-state index contributed by atoms with van der Waals surface area (Å²) in [5.74, 6) is -0.449. The van der Waals surface area contributed by atoms with Crippen LogP contribution < -0.4 is 16.7 Å². The minimum Gasteiger partial charge on any atom is -0.450 e. The maximum absolute atomic E-state index is 12.2. The van der Waals surface area contributed by atoms with E-state index in [0.29, 0.717) is 36.0 Å². The number of nitrogens with two attached hydrogens (primary N) is 1. The van der Waals surface area contributed by atoms with Crippen LogP contribution in [0, 0.1) is 0 Å². The molecular weight excluding hydrogens is 410 g/mol. The van der Waals surface area contributed by atoms with Crippen molar-refractivity contribution in [3.8, 4) is 0 Å². The standard InChI is InChI=1S/C24H25N3O5/c1-2-31-24(30)26-18-7-10-20-17(11-22(28)32-21(20)12-18)14-27(19-8-9-19)13-15-3-5-16(6-4-15)23(25)29/h3-7,10-12,19H,2,8-9,13-14H2,1H3,(H2,25,29)(H,26,30). The van der Waals surface area contributed by atoms with E-state index >= 15 is 0 Å². The van der Waals surface area contributed by atoms with Gasteiger partial charge in [-0.3, -0.25) is 15.0 Å². The Morgan fingerprint density at radius 3 is 2.53 bits per heavy atom. The molecule has 1 aliphatic carbocycles. The molecule has 0 saturated heterocycles. The molecule has 0 bridgehead atoms. The number of hydrogen-bond donors (Lipinski definition) is 2. The summed E-state index contributed by atoms with van der Waals surface area (Å²) in [5.41, 5.74) is 8.18. The molecule has 3 N–H and O–H groups in total. The quantitative estimate of drug-likeness (QED) is 0.522. The van der Waals surface area contributed by atoms with Crippen LogP contribution in [0.1, 0.15) is 41.3 Å². The Morgan fingerprint density at radius 1 is 1.12 bits per heavy atom. The zero-order valence-corrected chi connectivity index (χ0v) is 17.8. The lowest BCUT2D eigenvalue weighted by Gasteiger charge is -2.23. The van der Waals surface area contributed by atoms with E-state index in [-0.39, 0.29) is 6.61 Å². The molecule has 1 fully saturated rings. The second-order valence-electron chi connectivity index (χ2n) is 7.84. The minimum absolute atomic E-state index is 0.265. The summed E-state index contributed by atoms with van der Waals surface area (Å²) in [6.45, 7) is 3.26. The Hall–Kier alpha value is -3.65. The highest BCUT2D eigenvalue weighted by Crippen LogP contribution is 2.31. The van der Waals surface area contributed by atoms with Crippen molar-refractivity contribution < 1.29 is 18.7 Å². The number of nitrogens with zero attached hydrogens (tertiary/aromatic N) is 1. The van der Waals surface area contributed by atoms with Gasteiger partial charge >= 0.3 is 11.7 Å². The first kappa shape index (κ1) is 21.6. The number of primary amides is 1. The first-order valence-electron chi connectivity index (χ1n) is 10.6. The lowest BCUT2D eigenvalue weighted by molar-refractivity contribution is 0.1000. The van der Waals surface area contributed by atoms with Gasteiger partial charge in [-0.1, -0.05) is 12.1 Å². The van der Waals surface area contributed by atoms with Gasteiger partial charge < -0.3 is 14.9 Å². The van der Waals surface area contributed by atoms with Crippen LogP contribution in [0.4, 0.5) is 10.5 Å². The van der Waals surface area contributed by atoms with Gasteiger partial charge in [0.15, 0.2) is 0 Å². The van der Waals surface area contributed by atoms with E-state index < -0.39 is 17.6 Å². The molecule has 1 aromatic heterocycles. The third-order valence-corrected chi connectivity index (χ3v) is 5.41. The molecule has 1 saturated carbocycles. The lowest BCUT2D eigenvalue weighted by atomic mass is 10.1. The van der Waals surface area contributed by atoms with Gasteiger partial charge in [-0.25, -0.2) is 9.59 Å². The molecule has 2 aromatic carbocycles. The molecule has 166 valence electrons. The number of nitrogens with one attached hydrogen (secondary N) is 1. The van der Waals surface area contributed by atoms with Crippen molar-refractivity contribution in [1.29, 1.82) is 0 Å². The molecule has 8 nitrogen and oxygen atoms in total. The smallest absolute Gasteiger partial charge is 0.411 e. The number of hydrogen-bond acceptors (Lipinski definition) is 6. The molecule has 2 amide bonds. The highest BCUT2D eigenvalue weighted by Gasteiger charge is 2.29. The van der Waals surface area contributed by atoms with Crippen LogP contribution >= 0.6 is 0 Å². The van der Waals surface area contributed by atoms with Gasteiger partial charge in [0.1, 0.15) is 5.58 Å². The first-order chi connectivity index (χ1) is 15.4. The third kappa shape index (κ3) is 5.15. The van der Waals surface area contributed by atoms with Crippen LogP contribution in [0.2, 0.25) is 0 Å². The molecular formula is C24H25N3O5. The fourth-order valence-corrected chi connectivity index (χ4v) is 3.71. The number of rotatable bonds is 8. The number of ether oxygens (including phenoxy) is 1. The lowest BCUT2D eigenvalue weighted by Crippen LogP contribution is -2.25. The summed E-state index contributed by atoms with van der Waals surface area (Å²) in [7, 11) is 0. The molecule has 0 radical (unpaired) electrons. The molecule has 0 atom stereocenters. The maximum atomic E-state index is 12.2. The SMILES string of the molecule is CCOC(=O)Nc1ccc2c(CN(Cc3ccc(C(N)=O)cc3)C3CC3)cc(=O)oc2c1. The number of carbonyl (C=O) groups is 2. The van der Waals surface area contributed by atoms with E-state index in [0.717, 1.165) is 29.4 Å². The predicted octanol–water partition coefficient (Wildman–Crippen LogP) is 3.62. The largest absolute Gasteiger partial charge is 0.450 e. The van der Waals surface area contributed by atoms with Crippen molar-refractivity contribution >= 4 is 28.7 Å². The topological polar surface area (TPSA) is 115 Å². The highest BCUT2D eigenvalue weighted by molar-refractivity contribution is 5.92. The number of carbonyl (C=O) groups excluding carboxylic acids is 2. The van der Waals surface area contributed by atoms with Gasteiger partial charge in [0.05, 0.1) is 6.61 Å². The average molecular weight is 435 g/mol. The van der Waals surface area contributed by atoms with Crippen LogP contribution in [-0.4, -0.2) is 29.5 Å². The highest BCUT2D eigenvalue weighted by atomic mass is 16.5. The summed E-state index contributed by atoms with van der Waals surface area (Å²) in [4.78, 5) is 37.5. The van der Waals surface area contributed by atoms with Crippen molar-refractivity contribution in [3.63, 3.8) is 0 Å². The van der Waals surface area contributed by atoms with Crippen molar-refractivity contribution in [3.05, 3.63) is 75.6 Å². The monoisotopic (exact) mass is 435 g/mol. The second-order valence-corrected chi connectivity index (χ2v) is 7.84. The van der Waals surface area contributed by atoms with Crippen molar-refractivity contribution in [2.24, 2.45) is 5.73 Å². The van der Waals surface area contributed by atoms with Gasteiger partial charge in [-0.2, -0.15) is 0 Å². The Morgan fingerprint density at radius 2 is 1.88 bits per heavy atom. The molecule has 1 heterocycles. The molecule has 0 unspecified atom stereocenters. The first-order valence-corrected chi connectivity index (χ1v) is 10.6. The summed E-state index contributed by atoms with van der Waals surface area (Å²) >= 11 is 0. The van der Waals surface area contributed by atoms with Crippen molar-refractivity contribution in [2.75, 3.05) is 11.9 Å². The van der Waals surface area contributed by atoms with Crippen molar-refractivity contribution in [1.82, 2.24) is 4.90 Å². The summed E-state index contributed by atoms with van der Waals surface area (Å²) in [5, 5.41) is 3.44. The third-order valence-electron chi connectivity index (χ3n) is 5.41. The van der Waals surface area contributed by atoms with Crippen LogP contribution in [0.15, 0.2) is 57.7 Å². The van der Waals surface area contributed by atoms with E-state index in [4.69, 9.17) is 14.9 Å². The number of amides is 2. The normalized spacial score (nSPS) is 13.3. The summed E-state index contributed by atoms with van der Waals surface area (Å²) < 4.78 is 10.3. The van der Waals surface area contributed by atoms with Gasteiger partial charge in [-0.15, -0.1) is 0 Å². The fourth-order valence-electron chi connectivity index (χ4n) is 3.71. The molecule has 0 spiro atoms. The van der Waals surface area contributed by atoms with Gasteiger partial charge in [-0.05, 0) is 55.2 Å². The number of anilines is 1. The van der Waals surface area contributed by atoms with E-state index in [9.17, 15) is 14.4 Å². The van der Waals surface area contributed by atoms with Crippen LogP contribution in [0.3, 0.4) is 0 Å².